The topological polar surface area (TPSA) is 51.5 Å². The highest BCUT2D eigenvalue weighted by Gasteiger charge is 2.05. The molecule has 0 aliphatic rings. The maximum absolute atomic E-state index is 10.9. The SMILES string of the molecule is COC(=O)Cn1ccc(C(C)O)c1. The lowest BCUT2D eigenvalue weighted by Crippen LogP contribution is -2.09. The van der Waals surface area contributed by atoms with Crippen molar-refractivity contribution in [3.8, 4) is 0 Å². The van der Waals surface area contributed by atoms with Crippen molar-refractivity contribution in [1.29, 1.82) is 0 Å². The Hall–Kier alpha value is -1.29. The predicted molar refractivity (Wildman–Crippen MR) is 47.1 cm³/mol. The van der Waals surface area contributed by atoms with E-state index in [0.717, 1.165) is 5.56 Å². The second-order valence-corrected chi connectivity index (χ2v) is 2.87. The van der Waals surface area contributed by atoms with Crippen LogP contribution < -0.4 is 0 Å². The summed E-state index contributed by atoms with van der Waals surface area (Å²) < 4.78 is 6.18. The van der Waals surface area contributed by atoms with Crippen molar-refractivity contribution in [2.24, 2.45) is 0 Å². The maximum Gasteiger partial charge on any atom is 0.325 e. The van der Waals surface area contributed by atoms with E-state index in [1.165, 1.54) is 7.11 Å². The van der Waals surface area contributed by atoms with Crippen LogP contribution in [0.4, 0.5) is 0 Å². The Morgan fingerprint density at radius 3 is 2.92 bits per heavy atom. The Labute approximate surface area is 76.7 Å². The van der Waals surface area contributed by atoms with Crippen molar-refractivity contribution in [3.05, 3.63) is 24.0 Å². The zero-order valence-electron chi connectivity index (χ0n) is 7.73. The van der Waals surface area contributed by atoms with E-state index < -0.39 is 6.10 Å². The van der Waals surface area contributed by atoms with Gasteiger partial charge >= 0.3 is 5.97 Å². The standard InChI is InChI=1S/C9H13NO3/c1-7(11)8-3-4-10(5-8)6-9(12)13-2/h3-5,7,11H,6H2,1-2H3. The Morgan fingerprint density at radius 1 is 1.77 bits per heavy atom. The molecule has 1 heterocycles. The number of methoxy groups -OCH3 is 1. The van der Waals surface area contributed by atoms with Gasteiger partial charge in [0.25, 0.3) is 0 Å². The summed E-state index contributed by atoms with van der Waals surface area (Å²) in [5.74, 6) is -0.298. The van der Waals surface area contributed by atoms with Gasteiger partial charge in [0, 0.05) is 12.4 Å². The van der Waals surface area contributed by atoms with Crippen LogP contribution in [0, 0.1) is 0 Å². The largest absolute Gasteiger partial charge is 0.468 e. The number of aliphatic hydroxyl groups is 1. The molecule has 4 nitrogen and oxygen atoms in total. The van der Waals surface area contributed by atoms with Gasteiger partial charge in [0.05, 0.1) is 13.2 Å². The third-order valence-corrected chi connectivity index (χ3v) is 1.80. The molecule has 72 valence electrons. The minimum atomic E-state index is -0.501. The smallest absolute Gasteiger partial charge is 0.325 e. The van der Waals surface area contributed by atoms with Gasteiger partial charge in [-0.2, -0.15) is 0 Å². The summed E-state index contributed by atoms with van der Waals surface area (Å²) in [5.41, 5.74) is 0.795. The first-order valence-corrected chi connectivity index (χ1v) is 4.04. The summed E-state index contributed by atoms with van der Waals surface area (Å²) in [5, 5.41) is 9.20. The van der Waals surface area contributed by atoms with Crippen LogP contribution in [0.25, 0.3) is 0 Å². The highest BCUT2D eigenvalue weighted by Crippen LogP contribution is 2.11. The van der Waals surface area contributed by atoms with Gasteiger partial charge in [-0.25, -0.2) is 0 Å². The Bertz CT molecular complexity index is 291. The van der Waals surface area contributed by atoms with Crippen molar-refractivity contribution in [1.82, 2.24) is 4.57 Å². The van der Waals surface area contributed by atoms with Crippen molar-refractivity contribution >= 4 is 5.97 Å². The number of aliphatic hydroxyl groups excluding tert-OH is 1. The quantitative estimate of drug-likeness (QED) is 0.702. The maximum atomic E-state index is 10.9. The monoisotopic (exact) mass is 183 g/mol. The molecule has 13 heavy (non-hydrogen) atoms. The van der Waals surface area contributed by atoms with Crippen LogP contribution >= 0.6 is 0 Å². The van der Waals surface area contributed by atoms with E-state index in [1.54, 1.807) is 30.0 Å². The summed E-state index contributed by atoms with van der Waals surface area (Å²) in [4.78, 5) is 10.9. The number of aromatic nitrogens is 1. The van der Waals surface area contributed by atoms with Crippen LogP contribution in [0.15, 0.2) is 18.5 Å². The van der Waals surface area contributed by atoms with Gasteiger partial charge in [-0.05, 0) is 18.6 Å². The average molecular weight is 183 g/mol. The molecule has 0 saturated carbocycles. The third kappa shape index (κ3) is 2.59. The fraction of sp³-hybridized carbons (Fsp3) is 0.444. The Kier molecular flexibility index (Phi) is 3.08. The van der Waals surface area contributed by atoms with Crippen LogP contribution in [0.3, 0.4) is 0 Å². The molecular weight excluding hydrogens is 170 g/mol. The van der Waals surface area contributed by atoms with Gasteiger partial charge in [-0.1, -0.05) is 0 Å². The van der Waals surface area contributed by atoms with Crippen LogP contribution in [0.2, 0.25) is 0 Å². The molecule has 1 unspecified atom stereocenters. The number of carbonyl (C=O) groups is 1. The summed E-state index contributed by atoms with van der Waals surface area (Å²) in [6, 6.07) is 1.77. The summed E-state index contributed by atoms with van der Waals surface area (Å²) >= 11 is 0. The minimum absolute atomic E-state index is 0.184. The number of hydrogen-bond acceptors (Lipinski definition) is 3. The van der Waals surface area contributed by atoms with E-state index in [0.29, 0.717) is 0 Å². The van der Waals surface area contributed by atoms with Gasteiger partial charge < -0.3 is 14.4 Å². The molecule has 0 amide bonds. The first-order chi connectivity index (χ1) is 6.13. The van der Waals surface area contributed by atoms with Gasteiger partial charge in [0.15, 0.2) is 0 Å². The molecule has 0 aliphatic heterocycles. The van der Waals surface area contributed by atoms with Crippen molar-refractivity contribution in [3.63, 3.8) is 0 Å². The van der Waals surface area contributed by atoms with E-state index in [2.05, 4.69) is 4.74 Å². The lowest BCUT2D eigenvalue weighted by Gasteiger charge is -2.01. The lowest BCUT2D eigenvalue weighted by molar-refractivity contribution is -0.141. The normalized spacial score (nSPS) is 12.5. The molecule has 1 N–H and O–H groups in total. The molecule has 1 rings (SSSR count). The molecule has 1 aromatic heterocycles. The fourth-order valence-corrected chi connectivity index (χ4v) is 1.02. The van der Waals surface area contributed by atoms with Gasteiger partial charge in [-0.15, -0.1) is 0 Å². The van der Waals surface area contributed by atoms with E-state index in [9.17, 15) is 9.90 Å². The number of carbonyl (C=O) groups excluding carboxylic acids is 1. The zero-order chi connectivity index (χ0) is 9.84. The summed E-state index contributed by atoms with van der Waals surface area (Å²) in [6.07, 6.45) is 2.96. The van der Waals surface area contributed by atoms with Gasteiger partial charge in [0.2, 0.25) is 0 Å². The Balaban J connectivity index is 2.64. The molecule has 0 spiro atoms. The second-order valence-electron chi connectivity index (χ2n) is 2.87. The van der Waals surface area contributed by atoms with E-state index in [1.807, 2.05) is 0 Å². The predicted octanol–water partition coefficient (Wildman–Crippen LogP) is 0.714. The second kappa shape index (κ2) is 4.09. The first-order valence-electron chi connectivity index (χ1n) is 4.04. The highest BCUT2D eigenvalue weighted by molar-refractivity contribution is 5.68. The average Bonchev–Trinajstić information content (AvgIpc) is 2.52. The van der Waals surface area contributed by atoms with E-state index in [4.69, 9.17) is 0 Å². The van der Waals surface area contributed by atoms with Gasteiger partial charge in [-0.3, -0.25) is 4.79 Å². The third-order valence-electron chi connectivity index (χ3n) is 1.80. The number of hydrogen-bond donors (Lipinski definition) is 1. The number of nitrogens with zero attached hydrogens (tertiary/aromatic N) is 1. The molecule has 0 radical (unpaired) electrons. The molecule has 0 saturated heterocycles. The number of esters is 1. The zero-order valence-corrected chi connectivity index (χ0v) is 7.73. The number of rotatable bonds is 3. The lowest BCUT2D eigenvalue weighted by atomic mass is 10.2. The minimum Gasteiger partial charge on any atom is -0.468 e. The molecule has 4 heteroatoms. The molecule has 1 atom stereocenters. The highest BCUT2D eigenvalue weighted by atomic mass is 16.5. The summed E-state index contributed by atoms with van der Waals surface area (Å²) in [6.45, 7) is 1.86. The van der Waals surface area contributed by atoms with E-state index >= 15 is 0 Å². The molecule has 0 aliphatic carbocycles. The fourth-order valence-electron chi connectivity index (χ4n) is 1.02. The molecule has 1 aromatic rings. The molecule has 0 aromatic carbocycles. The number of ether oxygens (including phenoxy) is 1. The van der Waals surface area contributed by atoms with Crippen LogP contribution in [0.1, 0.15) is 18.6 Å². The van der Waals surface area contributed by atoms with Crippen LogP contribution in [-0.4, -0.2) is 22.8 Å². The van der Waals surface area contributed by atoms with Crippen LogP contribution in [0.5, 0.6) is 0 Å². The van der Waals surface area contributed by atoms with Gasteiger partial charge in [0.1, 0.15) is 6.54 Å². The molecular formula is C9H13NO3. The van der Waals surface area contributed by atoms with Crippen LogP contribution in [-0.2, 0) is 16.1 Å². The summed E-state index contributed by atoms with van der Waals surface area (Å²) in [7, 11) is 1.35. The molecule has 0 fully saturated rings. The van der Waals surface area contributed by atoms with E-state index in [-0.39, 0.29) is 12.5 Å². The molecule has 0 bridgehead atoms. The van der Waals surface area contributed by atoms with Crippen molar-refractivity contribution < 1.29 is 14.6 Å². The van der Waals surface area contributed by atoms with Crippen molar-refractivity contribution in [2.45, 2.75) is 19.6 Å². The van der Waals surface area contributed by atoms with Crippen molar-refractivity contribution in [2.75, 3.05) is 7.11 Å². The first kappa shape index (κ1) is 9.80. The Morgan fingerprint density at radius 2 is 2.46 bits per heavy atom.